The highest BCUT2D eigenvalue weighted by atomic mass is 16.5. The maximum Gasteiger partial charge on any atom is 0.130 e. The second kappa shape index (κ2) is 9.14. The zero-order valence-electron chi connectivity index (χ0n) is 19.5. The molecule has 0 unspecified atom stereocenters. The summed E-state index contributed by atoms with van der Waals surface area (Å²) in [5.74, 6) is 1.89. The Morgan fingerprint density at radius 3 is 1.42 bits per heavy atom. The van der Waals surface area contributed by atoms with Gasteiger partial charge in [0, 0.05) is 11.4 Å². The van der Waals surface area contributed by atoms with Crippen LogP contribution in [0.1, 0.15) is 89.2 Å². The highest BCUT2D eigenvalue weighted by Gasteiger charge is 2.30. The fourth-order valence-electron chi connectivity index (χ4n) is 5.88. The van der Waals surface area contributed by atoms with E-state index in [4.69, 9.17) is 16.2 Å². The molecule has 31 heavy (non-hydrogen) atoms. The molecule has 2 aliphatic rings. The van der Waals surface area contributed by atoms with Gasteiger partial charge < -0.3 is 16.2 Å². The van der Waals surface area contributed by atoms with Crippen LogP contribution in [-0.4, -0.2) is 0 Å². The number of ether oxygens (including phenoxy) is 1. The fourth-order valence-corrected chi connectivity index (χ4v) is 5.88. The lowest BCUT2D eigenvalue weighted by Gasteiger charge is -2.35. The van der Waals surface area contributed by atoms with Crippen molar-refractivity contribution in [3.8, 4) is 11.5 Å². The van der Waals surface area contributed by atoms with E-state index in [9.17, 15) is 0 Å². The van der Waals surface area contributed by atoms with Crippen LogP contribution in [0.5, 0.6) is 11.5 Å². The predicted molar refractivity (Wildman–Crippen MR) is 132 cm³/mol. The van der Waals surface area contributed by atoms with Crippen molar-refractivity contribution in [2.45, 2.75) is 90.9 Å². The Kier molecular flexibility index (Phi) is 6.50. The topological polar surface area (TPSA) is 61.3 Å². The van der Waals surface area contributed by atoms with Crippen molar-refractivity contribution in [1.82, 2.24) is 0 Å². The third-order valence-corrected chi connectivity index (χ3v) is 7.74. The van der Waals surface area contributed by atoms with Gasteiger partial charge in [0.25, 0.3) is 0 Å². The van der Waals surface area contributed by atoms with E-state index in [0.717, 1.165) is 35.7 Å². The highest BCUT2D eigenvalue weighted by Crippen LogP contribution is 2.44. The van der Waals surface area contributed by atoms with Gasteiger partial charge in [-0.15, -0.1) is 0 Å². The summed E-state index contributed by atoms with van der Waals surface area (Å²) in [7, 11) is 0. The van der Waals surface area contributed by atoms with Gasteiger partial charge in [0.2, 0.25) is 0 Å². The van der Waals surface area contributed by atoms with Crippen LogP contribution in [0.4, 0.5) is 11.4 Å². The van der Waals surface area contributed by atoms with Crippen LogP contribution in [0.3, 0.4) is 0 Å². The smallest absolute Gasteiger partial charge is 0.130 e. The number of benzene rings is 2. The third-order valence-electron chi connectivity index (χ3n) is 7.74. The molecule has 2 aromatic rings. The Hall–Kier alpha value is -2.16. The number of hydrogen-bond donors (Lipinski definition) is 2. The maximum absolute atomic E-state index is 6.61. The van der Waals surface area contributed by atoms with Crippen LogP contribution in [0.2, 0.25) is 0 Å². The molecule has 0 spiro atoms. The van der Waals surface area contributed by atoms with Crippen molar-refractivity contribution in [3.05, 3.63) is 47.5 Å². The lowest BCUT2D eigenvalue weighted by Crippen LogP contribution is -2.23. The van der Waals surface area contributed by atoms with E-state index < -0.39 is 0 Å². The average Bonchev–Trinajstić information content (AvgIpc) is 2.72. The highest BCUT2D eigenvalue weighted by molar-refractivity contribution is 5.53. The zero-order valence-corrected chi connectivity index (χ0v) is 19.5. The third kappa shape index (κ3) is 5.56. The normalized spacial score (nSPS) is 20.3. The summed E-state index contributed by atoms with van der Waals surface area (Å²) >= 11 is 0. The predicted octanol–water partition coefficient (Wildman–Crippen LogP) is 7.67. The van der Waals surface area contributed by atoms with E-state index in [1.54, 1.807) is 0 Å². The molecular weight excluding hydrogens is 380 g/mol. The monoisotopic (exact) mass is 420 g/mol. The van der Waals surface area contributed by atoms with Gasteiger partial charge in [-0.25, -0.2) is 0 Å². The molecule has 2 aromatic carbocycles. The van der Waals surface area contributed by atoms with Gasteiger partial charge in [-0.2, -0.15) is 0 Å². The second-order valence-electron chi connectivity index (χ2n) is 10.9. The summed E-state index contributed by atoms with van der Waals surface area (Å²) in [6.07, 6.45) is 15.2. The van der Waals surface area contributed by atoms with Crippen molar-refractivity contribution < 1.29 is 4.74 Å². The molecule has 0 saturated heterocycles. The van der Waals surface area contributed by atoms with Crippen LogP contribution in [0, 0.1) is 10.8 Å². The Morgan fingerprint density at radius 1 is 0.645 bits per heavy atom. The zero-order chi connectivity index (χ0) is 21.9. The van der Waals surface area contributed by atoms with E-state index in [2.05, 4.69) is 38.1 Å². The number of nitrogen functional groups attached to an aromatic ring is 2. The Balaban J connectivity index is 1.60. The van der Waals surface area contributed by atoms with Gasteiger partial charge in [0.1, 0.15) is 11.5 Å². The van der Waals surface area contributed by atoms with Crippen molar-refractivity contribution in [2.75, 3.05) is 11.5 Å². The molecule has 0 aromatic heterocycles. The van der Waals surface area contributed by atoms with Crippen LogP contribution in [0.15, 0.2) is 36.4 Å². The minimum atomic E-state index is 0.337. The first kappa shape index (κ1) is 22.0. The van der Waals surface area contributed by atoms with Gasteiger partial charge >= 0.3 is 0 Å². The molecule has 2 aliphatic carbocycles. The number of anilines is 2. The molecule has 4 N–H and O–H groups in total. The Morgan fingerprint density at radius 2 is 1.03 bits per heavy atom. The first-order valence-electron chi connectivity index (χ1n) is 12.3. The van der Waals surface area contributed by atoms with Crippen molar-refractivity contribution in [1.29, 1.82) is 0 Å². The molecule has 4 rings (SSSR count). The molecule has 0 atom stereocenters. The van der Waals surface area contributed by atoms with Crippen molar-refractivity contribution >= 4 is 11.4 Å². The fraction of sp³-hybridized carbons (Fsp3) is 0.571. The van der Waals surface area contributed by atoms with Crippen molar-refractivity contribution in [3.63, 3.8) is 0 Å². The Labute approximate surface area is 188 Å². The SMILES string of the molecule is CC1(Cc2cc(N)ccc2Oc2ccc(N)cc2CC2(C)CCCCC2)CCCCC1. The molecule has 3 heteroatoms. The van der Waals surface area contributed by atoms with Crippen LogP contribution in [-0.2, 0) is 12.8 Å². The van der Waals surface area contributed by atoms with Gasteiger partial charge in [-0.05, 0) is 96.9 Å². The largest absolute Gasteiger partial charge is 0.457 e. The molecule has 0 bridgehead atoms. The van der Waals surface area contributed by atoms with Gasteiger partial charge in [-0.3, -0.25) is 0 Å². The van der Waals surface area contributed by atoms with Crippen molar-refractivity contribution in [2.24, 2.45) is 10.8 Å². The molecule has 3 nitrogen and oxygen atoms in total. The van der Waals surface area contributed by atoms with E-state index in [1.165, 1.54) is 75.3 Å². The lowest BCUT2D eigenvalue weighted by molar-refractivity contribution is 0.211. The number of hydrogen-bond acceptors (Lipinski definition) is 3. The van der Waals surface area contributed by atoms with E-state index in [-0.39, 0.29) is 0 Å². The molecule has 0 amide bonds. The van der Waals surface area contributed by atoms with Gasteiger partial charge in [0.05, 0.1) is 0 Å². The van der Waals surface area contributed by atoms with Crippen LogP contribution in [0.25, 0.3) is 0 Å². The molecule has 0 radical (unpaired) electrons. The van der Waals surface area contributed by atoms with Crippen LogP contribution < -0.4 is 16.2 Å². The summed E-state index contributed by atoms with van der Waals surface area (Å²) in [5, 5.41) is 0. The molecule has 2 fully saturated rings. The van der Waals surface area contributed by atoms with Gasteiger partial charge in [-0.1, -0.05) is 52.4 Å². The molecule has 2 saturated carbocycles. The minimum Gasteiger partial charge on any atom is -0.457 e. The Bertz CT molecular complexity index is 818. The lowest BCUT2D eigenvalue weighted by atomic mass is 9.71. The molecule has 0 aliphatic heterocycles. The van der Waals surface area contributed by atoms with Gasteiger partial charge in [0.15, 0.2) is 0 Å². The van der Waals surface area contributed by atoms with E-state index in [1.807, 2.05) is 12.1 Å². The summed E-state index contributed by atoms with van der Waals surface area (Å²) in [6.45, 7) is 4.86. The standard InChI is InChI=1S/C28H40N2O/c1-27(13-5-3-6-14-27)19-21-17-23(29)9-11-25(21)31-26-12-10-24(30)18-22(26)20-28(2)15-7-4-8-16-28/h9-12,17-18H,3-8,13-16,19-20,29-30H2,1-2H3. The molecular formula is C28H40N2O. The first-order chi connectivity index (χ1) is 14.8. The van der Waals surface area contributed by atoms with E-state index in [0.29, 0.717) is 10.8 Å². The molecule has 0 heterocycles. The molecule has 168 valence electrons. The average molecular weight is 421 g/mol. The first-order valence-corrected chi connectivity index (χ1v) is 12.3. The number of rotatable bonds is 6. The minimum absolute atomic E-state index is 0.337. The second-order valence-corrected chi connectivity index (χ2v) is 10.9. The number of nitrogens with two attached hydrogens (primary N) is 2. The van der Waals surface area contributed by atoms with E-state index >= 15 is 0 Å². The quantitative estimate of drug-likeness (QED) is 0.471. The summed E-state index contributed by atoms with van der Waals surface area (Å²) in [4.78, 5) is 0. The summed E-state index contributed by atoms with van der Waals surface area (Å²) < 4.78 is 6.61. The van der Waals surface area contributed by atoms with Crippen LogP contribution >= 0.6 is 0 Å². The summed E-state index contributed by atoms with van der Waals surface area (Å²) in [5.41, 5.74) is 17.1. The summed E-state index contributed by atoms with van der Waals surface area (Å²) in [6, 6.07) is 12.3. The maximum atomic E-state index is 6.61.